The van der Waals surface area contributed by atoms with Crippen molar-refractivity contribution in [2.75, 3.05) is 0 Å². The van der Waals surface area contributed by atoms with Gasteiger partial charge in [-0.25, -0.2) is 15.5 Å². The first-order chi connectivity index (χ1) is 8.70. The largest absolute Gasteiger partial charge is 0.289 e. The van der Waals surface area contributed by atoms with Gasteiger partial charge in [-0.05, 0) is 18.2 Å². The normalized spacial score (nSPS) is 10.1. The van der Waals surface area contributed by atoms with E-state index in [4.69, 9.17) is 5.84 Å². The molecule has 0 radical (unpaired) electrons. The molecule has 0 saturated carbocycles. The molecule has 0 saturated heterocycles. The van der Waals surface area contributed by atoms with E-state index in [1.807, 2.05) is 5.43 Å². The highest BCUT2D eigenvalue weighted by Gasteiger charge is 2.06. The van der Waals surface area contributed by atoms with Crippen LogP contribution in [0.2, 0.25) is 0 Å². The van der Waals surface area contributed by atoms with Crippen molar-refractivity contribution in [2.24, 2.45) is 5.84 Å². The van der Waals surface area contributed by atoms with Crippen molar-refractivity contribution >= 4 is 5.91 Å². The highest BCUT2D eigenvalue weighted by molar-refractivity contribution is 5.91. The third-order valence-electron chi connectivity index (χ3n) is 2.27. The van der Waals surface area contributed by atoms with Crippen LogP contribution in [-0.2, 0) is 6.54 Å². The van der Waals surface area contributed by atoms with Crippen molar-refractivity contribution in [3.05, 3.63) is 58.3 Å². The summed E-state index contributed by atoms with van der Waals surface area (Å²) in [5.74, 6) is 4.54. The van der Waals surface area contributed by atoms with Crippen LogP contribution in [0.1, 0.15) is 16.2 Å². The summed E-state index contributed by atoms with van der Waals surface area (Å²) in [5.41, 5.74) is 2.52. The van der Waals surface area contributed by atoms with E-state index in [1.165, 1.54) is 23.0 Å². The number of aromatic nitrogens is 3. The molecule has 0 atom stereocenters. The lowest BCUT2D eigenvalue weighted by molar-refractivity contribution is 0.0948. The Balaban J connectivity index is 2.28. The summed E-state index contributed by atoms with van der Waals surface area (Å²) in [5, 5.41) is 3.91. The number of carbonyl (C=O) groups is 1. The Hall–Kier alpha value is -2.54. The summed E-state index contributed by atoms with van der Waals surface area (Å²) in [7, 11) is 0. The van der Waals surface area contributed by atoms with Crippen LogP contribution in [0.5, 0.6) is 0 Å². The maximum absolute atomic E-state index is 11.5. The highest BCUT2D eigenvalue weighted by atomic mass is 16.2. The van der Waals surface area contributed by atoms with Crippen LogP contribution >= 0.6 is 0 Å². The molecule has 0 bridgehead atoms. The van der Waals surface area contributed by atoms with Crippen LogP contribution in [0.25, 0.3) is 0 Å². The fraction of sp³-hybridized carbons (Fsp3) is 0.0909. The maximum Gasteiger partial charge on any atom is 0.283 e. The number of hydrogen-bond donors (Lipinski definition) is 2. The van der Waals surface area contributed by atoms with Crippen LogP contribution in [0.3, 0.4) is 0 Å². The smallest absolute Gasteiger partial charge is 0.283 e. The Labute approximate surface area is 102 Å². The van der Waals surface area contributed by atoms with E-state index in [-0.39, 0.29) is 17.8 Å². The highest BCUT2D eigenvalue weighted by Crippen LogP contribution is 2.00. The van der Waals surface area contributed by atoms with Crippen molar-refractivity contribution in [1.29, 1.82) is 0 Å². The molecule has 0 aliphatic carbocycles. The van der Waals surface area contributed by atoms with Crippen molar-refractivity contribution in [3.63, 3.8) is 0 Å². The number of nitrogens with zero attached hydrogens (tertiary/aromatic N) is 3. The molecule has 0 unspecified atom stereocenters. The van der Waals surface area contributed by atoms with Gasteiger partial charge in [0.15, 0.2) is 0 Å². The number of amides is 1. The maximum atomic E-state index is 11.5. The number of nitrogens with one attached hydrogen (secondary N) is 1. The molecule has 2 heterocycles. The number of hydrogen-bond acceptors (Lipinski definition) is 5. The Kier molecular flexibility index (Phi) is 3.44. The number of pyridine rings is 1. The van der Waals surface area contributed by atoms with Gasteiger partial charge in [-0.3, -0.25) is 15.0 Å². The molecule has 0 aliphatic rings. The third-order valence-corrected chi connectivity index (χ3v) is 2.27. The monoisotopic (exact) mass is 245 g/mol. The van der Waals surface area contributed by atoms with Gasteiger partial charge in [0.1, 0.15) is 5.69 Å². The Morgan fingerprint density at radius 3 is 2.89 bits per heavy atom. The van der Waals surface area contributed by atoms with E-state index in [1.54, 1.807) is 18.2 Å². The zero-order valence-corrected chi connectivity index (χ0v) is 9.41. The van der Waals surface area contributed by atoms with Gasteiger partial charge in [0.2, 0.25) is 0 Å². The van der Waals surface area contributed by atoms with E-state index < -0.39 is 5.91 Å². The lowest BCUT2D eigenvalue weighted by Gasteiger charge is -2.04. The first-order valence-electron chi connectivity index (χ1n) is 5.20. The average Bonchev–Trinajstić information content (AvgIpc) is 2.41. The average molecular weight is 245 g/mol. The standard InChI is InChI=1S/C11H11N5O2/c12-15-11(18)9-4-1-3-8(14-9)7-16-10(17)5-2-6-13-16/h1-6H,7,12H2,(H,15,18). The van der Waals surface area contributed by atoms with Crippen molar-refractivity contribution in [2.45, 2.75) is 6.54 Å². The molecule has 1 amide bonds. The lowest BCUT2D eigenvalue weighted by Crippen LogP contribution is -2.31. The molecule has 0 aliphatic heterocycles. The summed E-state index contributed by atoms with van der Waals surface area (Å²) in [6.07, 6.45) is 1.51. The van der Waals surface area contributed by atoms with Crippen LogP contribution in [0, 0.1) is 0 Å². The molecule has 7 nitrogen and oxygen atoms in total. The second-order valence-electron chi connectivity index (χ2n) is 3.51. The van der Waals surface area contributed by atoms with Crippen molar-refractivity contribution in [1.82, 2.24) is 20.2 Å². The minimum Gasteiger partial charge on any atom is -0.289 e. The molecule has 3 N–H and O–H groups in total. The van der Waals surface area contributed by atoms with E-state index in [2.05, 4.69) is 10.1 Å². The van der Waals surface area contributed by atoms with Gasteiger partial charge in [0.25, 0.3) is 11.5 Å². The molecule has 92 valence electrons. The molecular formula is C11H11N5O2. The molecule has 2 aromatic rings. The predicted octanol–water partition coefficient (Wildman–Crippen LogP) is -0.710. The first-order valence-corrected chi connectivity index (χ1v) is 5.20. The predicted molar refractivity (Wildman–Crippen MR) is 63.5 cm³/mol. The summed E-state index contributed by atoms with van der Waals surface area (Å²) in [6, 6.07) is 7.87. The Bertz CT molecular complexity index is 623. The van der Waals surface area contributed by atoms with Gasteiger partial charge in [-0.15, -0.1) is 0 Å². The van der Waals surface area contributed by atoms with E-state index in [0.29, 0.717) is 5.69 Å². The minimum absolute atomic E-state index is 0.194. The summed E-state index contributed by atoms with van der Waals surface area (Å²) >= 11 is 0. The van der Waals surface area contributed by atoms with Crippen LogP contribution in [0.4, 0.5) is 0 Å². The summed E-state index contributed by atoms with van der Waals surface area (Å²) < 4.78 is 1.26. The van der Waals surface area contributed by atoms with E-state index in [0.717, 1.165) is 0 Å². The Morgan fingerprint density at radius 2 is 2.17 bits per heavy atom. The molecule has 18 heavy (non-hydrogen) atoms. The van der Waals surface area contributed by atoms with Gasteiger partial charge >= 0.3 is 0 Å². The SMILES string of the molecule is NNC(=O)c1cccc(Cn2ncccc2=O)n1. The van der Waals surface area contributed by atoms with Crippen LogP contribution in [-0.4, -0.2) is 20.7 Å². The number of nitrogens with two attached hydrogens (primary N) is 1. The van der Waals surface area contributed by atoms with Gasteiger partial charge in [0, 0.05) is 12.3 Å². The number of nitrogen functional groups attached to an aromatic ring is 1. The van der Waals surface area contributed by atoms with E-state index >= 15 is 0 Å². The molecule has 2 aromatic heterocycles. The first kappa shape index (κ1) is 11.9. The number of hydrazine groups is 1. The number of rotatable bonds is 3. The zero-order valence-electron chi connectivity index (χ0n) is 9.41. The molecule has 0 aromatic carbocycles. The van der Waals surface area contributed by atoms with E-state index in [9.17, 15) is 9.59 Å². The zero-order chi connectivity index (χ0) is 13.0. The summed E-state index contributed by atoms with van der Waals surface area (Å²) in [4.78, 5) is 26.9. The molecule has 7 heteroatoms. The fourth-order valence-electron chi connectivity index (χ4n) is 1.43. The molecular weight excluding hydrogens is 234 g/mol. The third kappa shape index (κ3) is 2.58. The molecule has 0 spiro atoms. The summed E-state index contributed by atoms with van der Waals surface area (Å²) in [6.45, 7) is 0.200. The van der Waals surface area contributed by atoms with Gasteiger partial charge in [-0.2, -0.15) is 5.10 Å². The second-order valence-corrected chi connectivity index (χ2v) is 3.51. The molecule has 2 rings (SSSR count). The van der Waals surface area contributed by atoms with Crippen LogP contribution in [0.15, 0.2) is 41.3 Å². The van der Waals surface area contributed by atoms with Crippen molar-refractivity contribution < 1.29 is 4.79 Å². The lowest BCUT2D eigenvalue weighted by atomic mass is 10.3. The Morgan fingerprint density at radius 1 is 1.33 bits per heavy atom. The van der Waals surface area contributed by atoms with Gasteiger partial charge < -0.3 is 0 Å². The topological polar surface area (TPSA) is 103 Å². The van der Waals surface area contributed by atoms with Crippen LogP contribution < -0.4 is 16.8 Å². The second kappa shape index (κ2) is 5.19. The molecule has 0 fully saturated rings. The van der Waals surface area contributed by atoms with Gasteiger partial charge in [0.05, 0.1) is 12.2 Å². The fourth-order valence-corrected chi connectivity index (χ4v) is 1.43. The van der Waals surface area contributed by atoms with Gasteiger partial charge in [-0.1, -0.05) is 6.07 Å². The number of carbonyl (C=O) groups excluding carboxylic acids is 1. The van der Waals surface area contributed by atoms with Crippen molar-refractivity contribution in [3.8, 4) is 0 Å². The quantitative estimate of drug-likeness (QED) is 0.422. The minimum atomic E-state index is -0.481.